The molecule has 0 aliphatic carbocycles. The van der Waals surface area contributed by atoms with Crippen LogP contribution in [-0.2, 0) is 18.9 Å². The number of aromatic nitrogens is 3. The van der Waals surface area contributed by atoms with Gasteiger partial charge in [0.25, 0.3) is 0 Å². The summed E-state index contributed by atoms with van der Waals surface area (Å²) in [5, 5.41) is 13.5. The van der Waals surface area contributed by atoms with Crippen molar-refractivity contribution >= 4 is 64.1 Å². The maximum absolute atomic E-state index is 11.7. The fraction of sp³-hybridized carbons (Fsp3) is 0.308. The van der Waals surface area contributed by atoms with Gasteiger partial charge in [-0.3, -0.25) is 14.3 Å². The Labute approximate surface area is 298 Å². The first kappa shape index (κ1) is 35.8. The molecule has 0 radical (unpaired) electrons. The maximum atomic E-state index is 11.7. The van der Waals surface area contributed by atoms with Crippen molar-refractivity contribution in [3.05, 3.63) is 97.9 Å². The molecule has 0 saturated carbocycles. The first-order valence-corrected chi connectivity index (χ1v) is 17.1. The van der Waals surface area contributed by atoms with E-state index in [1.165, 1.54) is 0 Å². The van der Waals surface area contributed by atoms with Crippen LogP contribution >= 0.6 is 23.2 Å². The summed E-state index contributed by atoms with van der Waals surface area (Å²) in [5.41, 5.74) is 11.2. The largest absolute Gasteiger partial charge is 0.494 e. The van der Waals surface area contributed by atoms with Crippen LogP contribution in [0.1, 0.15) is 63.8 Å². The monoisotopic (exact) mass is 699 g/mol. The van der Waals surface area contributed by atoms with E-state index in [0.717, 1.165) is 90.4 Å². The number of hydrogen-bond acceptors (Lipinski definition) is 5. The Balaban J connectivity index is 1.66. The smallest absolute Gasteiger partial charge is 0.207 e. The maximum Gasteiger partial charge on any atom is 0.207 e. The van der Waals surface area contributed by atoms with Gasteiger partial charge in [-0.15, -0.1) is 0 Å². The standard InChI is InChI=1S/C39H43Cl2N5O3/c1-23-15-31(16-24(2)38(23)41)49-14-8-9-29(18-30-20-45(6)35-13-10-28(21-47)17-33(30)35)32-11-12-34(40)37(36-26(4)44-46(7)27(36)5)39(32)43-25(3)19-42-22-48/h10-13,15-18,20-22,25,43H,8-9,14,19H2,1-7H3,(H,42,48)/b29-18+/t25-/m1/s1. The van der Waals surface area contributed by atoms with Gasteiger partial charge < -0.3 is 19.9 Å². The third-order valence-electron chi connectivity index (χ3n) is 8.94. The molecule has 0 saturated heterocycles. The van der Waals surface area contributed by atoms with Crippen molar-refractivity contribution in [2.75, 3.05) is 18.5 Å². The van der Waals surface area contributed by atoms with Gasteiger partial charge in [-0.1, -0.05) is 29.3 Å². The second-order valence-corrected chi connectivity index (χ2v) is 13.5. The van der Waals surface area contributed by atoms with Crippen LogP contribution in [0.25, 0.3) is 33.7 Å². The summed E-state index contributed by atoms with van der Waals surface area (Å²) in [5.74, 6) is 0.788. The van der Waals surface area contributed by atoms with E-state index >= 15 is 0 Å². The zero-order chi connectivity index (χ0) is 35.4. The van der Waals surface area contributed by atoms with Gasteiger partial charge in [0, 0.05) is 82.3 Å². The zero-order valence-corrected chi connectivity index (χ0v) is 30.6. The van der Waals surface area contributed by atoms with E-state index in [9.17, 15) is 9.59 Å². The number of benzene rings is 3. The molecule has 3 aromatic carbocycles. The van der Waals surface area contributed by atoms with Crippen LogP contribution in [0, 0.1) is 27.7 Å². The van der Waals surface area contributed by atoms with E-state index in [4.69, 9.17) is 33.0 Å². The highest BCUT2D eigenvalue weighted by molar-refractivity contribution is 6.34. The Kier molecular flexibility index (Phi) is 11.2. The molecule has 5 aromatic rings. The van der Waals surface area contributed by atoms with Crippen molar-refractivity contribution in [1.29, 1.82) is 0 Å². The van der Waals surface area contributed by atoms with Crippen LogP contribution in [0.4, 0.5) is 5.69 Å². The van der Waals surface area contributed by atoms with E-state index in [2.05, 4.69) is 33.5 Å². The normalized spacial score (nSPS) is 12.3. The Morgan fingerprint density at radius 3 is 2.39 bits per heavy atom. The quantitative estimate of drug-likeness (QED) is 0.0893. The van der Waals surface area contributed by atoms with Crippen LogP contribution < -0.4 is 15.4 Å². The number of carbonyl (C=O) groups excluding carboxylic acids is 2. The Hall–Kier alpha value is -4.53. The van der Waals surface area contributed by atoms with Gasteiger partial charge >= 0.3 is 0 Å². The van der Waals surface area contributed by atoms with Crippen molar-refractivity contribution in [3.8, 4) is 16.9 Å². The second-order valence-electron chi connectivity index (χ2n) is 12.7. The molecule has 8 nitrogen and oxygen atoms in total. The van der Waals surface area contributed by atoms with E-state index in [1.54, 1.807) is 0 Å². The van der Waals surface area contributed by atoms with Gasteiger partial charge in [0.1, 0.15) is 12.0 Å². The predicted molar refractivity (Wildman–Crippen MR) is 202 cm³/mol. The fourth-order valence-corrected chi connectivity index (χ4v) is 6.80. The summed E-state index contributed by atoms with van der Waals surface area (Å²) in [6.07, 6.45) is 7.27. The van der Waals surface area contributed by atoms with Crippen molar-refractivity contribution < 1.29 is 14.3 Å². The zero-order valence-electron chi connectivity index (χ0n) is 29.1. The lowest BCUT2D eigenvalue weighted by molar-refractivity contribution is -0.109. The molecule has 2 heterocycles. The molecule has 0 unspecified atom stereocenters. The van der Waals surface area contributed by atoms with Crippen LogP contribution in [0.2, 0.25) is 10.0 Å². The van der Waals surface area contributed by atoms with Crippen molar-refractivity contribution in [2.45, 2.75) is 53.5 Å². The number of nitrogens with one attached hydrogen (secondary N) is 2. The highest BCUT2D eigenvalue weighted by Crippen LogP contribution is 2.44. The van der Waals surface area contributed by atoms with E-state index in [0.29, 0.717) is 36.6 Å². The average Bonchev–Trinajstić information content (AvgIpc) is 3.52. The molecular weight excluding hydrogens is 657 g/mol. The highest BCUT2D eigenvalue weighted by Gasteiger charge is 2.24. The molecule has 49 heavy (non-hydrogen) atoms. The van der Waals surface area contributed by atoms with Gasteiger partial charge in [-0.25, -0.2) is 0 Å². The minimum atomic E-state index is -0.118. The number of fused-ring (bicyclic) bond motifs is 1. The van der Waals surface area contributed by atoms with Crippen molar-refractivity contribution in [2.24, 2.45) is 14.1 Å². The second kappa shape index (κ2) is 15.3. The predicted octanol–water partition coefficient (Wildman–Crippen LogP) is 8.88. The molecule has 0 aliphatic heterocycles. The van der Waals surface area contributed by atoms with Crippen LogP contribution in [0.5, 0.6) is 5.75 Å². The summed E-state index contributed by atoms with van der Waals surface area (Å²) in [6, 6.07) is 13.5. The van der Waals surface area contributed by atoms with Crippen LogP contribution in [0.3, 0.4) is 0 Å². The number of anilines is 1. The van der Waals surface area contributed by atoms with Crippen molar-refractivity contribution in [1.82, 2.24) is 19.7 Å². The number of nitrogens with zero attached hydrogens (tertiary/aromatic N) is 3. The van der Waals surface area contributed by atoms with Gasteiger partial charge in [0.2, 0.25) is 6.41 Å². The molecule has 2 N–H and O–H groups in total. The number of allylic oxidation sites excluding steroid dienone is 1. The minimum absolute atomic E-state index is 0.118. The number of amides is 1. The summed E-state index contributed by atoms with van der Waals surface area (Å²) in [6.45, 7) is 10.9. The van der Waals surface area contributed by atoms with Gasteiger partial charge in [0.05, 0.1) is 23.0 Å². The molecule has 1 amide bonds. The number of carbonyl (C=O) groups is 2. The highest BCUT2D eigenvalue weighted by atomic mass is 35.5. The summed E-state index contributed by atoms with van der Waals surface area (Å²) < 4.78 is 10.2. The van der Waals surface area contributed by atoms with E-state index in [1.807, 2.05) is 89.8 Å². The average molecular weight is 701 g/mol. The van der Waals surface area contributed by atoms with Crippen molar-refractivity contribution in [3.63, 3.8) is 0 Å². The number of aryl methyl sites for hydroxylation is 5. The van der Waals surface area contributed by atoms with E-state index < -0.39 is 0 Å². The van der Waals surface area contributed by atoms with Crippen LogP contribution in [-0.4, -0.2) is 46.2 Å². The third-order valence-corrected chi connectivity index (χ3v) is 9.85. The lowest BCUT2D eigenvalue weighted by atomic mass is 9.91. The Morgan fingerprint density at radius 1 is 1.00 bits per heavy atom. The molecule has 2 aromatic heterocycles. The molecule has 5 rings (SSSR count). The summed E-state index contributed by atoms with van der Waals surface area (Å²) >= 11 is 13.5. The van der Waals surface area contributed by atoms with Crippen LogP contribution in [0.15, 0.2) is 48.7 Å². The van der Waals surface area contributed by atoms with Gasteiger partial charge in [-0.05, 0) is 107 Å². The minimum Gasteiger partial charge on any atom is -0.494 e. The number of halogens is 2. The number of rotatable bonds is 14. The summed E-state index contributed by atoms with van der Waals surface area (Å²) in [4.78, 5) is 23.0. The molecule has 256 valence electrons. The molecule has 0 bridgehead atoms. The third kappa shape index (κ3) is 7.71. The molecule has 0 aliphatic rings. The SMILES string of the molecule is Cc1cc(OCCC/C(=C\c2cn(C)c3ccc(C=O)cc23)c2ccc(Cl)c(-c3c(C)nn(C)c3C)c2N[C@H](C)CNC=O)cc(C)c1Cl. The van der Waals surface area contributed by atoms with E-state index in [-0.39, 0.29) is 6.04 Å². The first-order chi connectivity index (χ1) is 23.4. The van der Waals surface area contributed by atoms with Gasteiger partial charge in [-0.2, -0.15) is 5.10 Å². The number of aldehydes is 1. The Morgan fingerprint density at radius 2 is 1.73 bits per heavy atom. The molecular formula is C39H43Cl2N5O3. The number of ether oxygens (including phenoxy) is 1. The molecule has 0 spiro atoms. The lowest BCUT2D eigenvalue weighted by Gasteiger charge is -2.24. The molecule has 1 atom stereocenters. The first-order valence-electron chi connectivity index (χ1n) is 16.3. The topological polar surface area (TPSA) is 90.2 Å². The van der Waals surface area contributed by atoms with Gasteiger partial charge in [0.15, 0.2) is 0 Å². The Bertz CT molecular complexity index is 2040. The lowest BCUT2D eigenvalue weighted by Crippen LogP contribution is -2.30. The summed E-state index contributed by atoms with van der Waals surface area (Å²) in [7, 11) is 3.93. The molecule has 0 fully saturated rings. The molecule has 10 heteroatoms. The number of hydrogen-bond donors (Lipinski definition) is 2. The fourth-order valence-electron chi connectivity index (χ4n) is 6.44.